The van der Waals surface area contributed by atoms with Crippen molar-refractivity contribution in [1.82, 2.24) is 10.2 Å². The van der Waals surface area contributed by atoms with Crippen LogP contribution in [0.5, 0.6) is 0 Å². The highest BCUT2D eigenvalue weighted by molar-refractivity contribution is 5.89. The second-order valence-electron chi connectivity index (χ2n) is 9.03. The van der Waals surface area contributed by atoms with Crippen LogP contribution in [-0.2, 0) is 19.1 Å². The Morgan fingerprint density at radius 1 is 1.21 bits per heavy atom. The Hall–Kier alpha value is -1.40. The van der Waals surface area contributed by atoms with Crippen molar-refractivity contribution in [3.63, 3.8) is 0 Å². The summed E-state index contributed by atoms with van der Waals surface area (Å²) in [7, 11) is 0. The van der Waals surface area contributed by atoms with Gasteiger partial charge in [0.05, 0.1) is 12.1 Å². The van der Waals surface area contributed by atoms with Gasteiger partial charge in [-0.15, -0.1) is 0 Å². The predicted molar refractivity (Wildman–Crippen MR) is 106 cm³/mol. The molecule has 4 aliphatic rings. The third-order valence-corrected chi connectivity index (χ3v) is 6.93. The molecule has 3 heterocycles. The Balaban J connectivity index is 1.33. The first-order valence-corrected chi connectivity index (χ1v) is 11.1. The van der Waals surface area contributed by atoms with E-state index in [2.05, 4.69) is 12.2 Å². The zero-order chi connectivity index (χ0) is 19.6. The number of nitrogens with one attached hydrogen (secondary N) is 1. The number of hydrogen-bond acceptors (Lipinski definition) is 4. The number of carbonyl (C=O) groups excluding carboxylic acids is 2. The van der Waals surface area contributed by atoms with Crippen LogP contribution in [0.1, 0.15) is 64.7 Å². The van der Waals surface area contributed by atoms with Gasteiger partial charge in [0, 0.05) is 32.4 Å². The van der Waals surface area contributed by atoms with Crippen molar-refractivity contribution in [2.45, 2.75) is 82.5 Å². The lowest BCUT2D eigenvalue weighted by atomic mass is 9.85. The SMILES string of the molecule is CC1CC/C(=C\C(=O)NCC2CCN2C(=O)C2(C3CCCCO3)CCCO2)C1. The maximum Gasteiger partial charge on any atom is 0.257 e. The number of nitrogens with zero attached hydrogens (tertiary/aromatic N) is 1. The number of likely N-dealkylation sites (tertiary alicyclic amines) is 1. The van der Waals surface area contributed by atoms with Gasteiger partial charge in [0.2, 0.25) is 5.91 Å². The molecule has 4 rings (SSSR count). The number of amides is 2. The summed E-state index contributed by atoms with van der Waals surface area (Å²) in [5.41, 5.74) is 0.449. The van der Waals surface area contributed by atoms with Crippen LogP contribution < -0.4 is 5.32 Å². The van der Waals surface area contributed by atoms with Crippen molar-refractivity contribution in [3.8, 4) is 0 Å². The number of ether oxygens (including phenoxy) is 2. The van der Waals surface area contributed by atoms with Gasteiger partial charge in [-0.2, -0.15) is 0 Å². The second-order valence-corrected chi connectivity index (χ2v) is 9.03. The molecule has 1 N–H and O–H groups in total. The van der Waals surface area contributed by atoms with Gasteiger partial charge in [-0.3, -0.25) is 9.59 Å². The maximum atomic E-state index is 13.4. The summed E-state index contributed by atoms with van der Waals surface area (Å²) in [5.74, 6) is 0.736. The Morgan fingerprint density at radius 3 is 2.71 bits per heavy atom. The average molecular weight is 391 g/mol. The largest absolute Gasteiger partial charge is 0.375 e. The summed E-state index contributed by atoms with van der Waals surface area (Å²) < 4.78 is 12.0. The van der Waals surface area contributed by atoms with Crippen molar-refractivity contribution in [2.75, 3.05) is 26.3 Å². The van der Waals surface area contributed by atoms with E-state index in [1.54, 1.807) is 6.08 Å². The van der Waals surface area contributed by atoms with E-state index in [4.69, 9.17) is 9.47 Å². The molecule has 0 aromatic carbocycles. The Bertz CT molecular complexity index is 620. The number of allylic oxidation sites excluding steroid dienone is 1. The smallest absolute Gasteiger partial charge is 0.257 e. The lowest BCUT2D eigenvalue weighted by Crippen LogP contribution is -2.65. The van der Waals surface area contributed by atoms with Gasteiger partial charge < -0.3 is 19.7 Å². The number of carbonyl (C=O) groups is 2. The monoisotopic (exact) mass is 390 g/mol. The van der Waals surface area contributed by atoms with Crippen LogP contribution in [0.3, 0.4) is 0 Å². The first kappa shape index (κ1) is 19.9. The highest BCUT2D eigenvalue weighted by Gasteiger charge is 2.54. The molecule has 1 aliphatic carbocycles. The van der Waals surface area contributed by atoms with Crippen molar-refractivity contribution in [2.24, 2.45) is 5.92 Å². The van der Waals surface area contributed by atoms with E-state index in [0.717, 1.165) is 64.5 Å². The Labute approximate surface area is 168 Å². The fourth-order valence-electron chi connectivity index (χ4n) is 5.16. The molecule has 0 radical (unpaired) electrons. The van der Waals surface area contributed by atoms with Crippen LogP contribution in [0.15, 0.2) is 11.6 Å². The summed E-state index contributed by atoms with van der Waals surface area (Å²) in [6, 6.07) is 0.0713. The minimum atomic E-state index is -0.801. The summed E-state index contributed by atoms with van der Waals surface area (Å²) in [4.78, 5) is 27.6. The molecule has 28 heavy (non-hydrogen) atoms. The van der Waals surface area contributed by atoms with Crippen LogP contribution in [0.2, 0.25) is 0 Å². The third kappa shape index (κ3) is 3.99. The van der Waals surface area contributed by atoms with Crippen molar-refractivity contribution in [1.29, 1.82) is 0 Å². The van der Waals surface area contributed by atoms with Crippen molar-refractivity contribution < 1.29 is 19.1 Å². The van der Waals surface area contributed by atoms with Crippen LogP contribution in [-0.4, -0.2) is 60.8 Å². The lowest BCUT2D eigenvalue weighted by molar-refractivity contribution is -0.184. The minimum absolute atomic E-state index is 0.0224. The van der Waals surface area contributed by atoms with Gasteiger partial charge in [0.15, 0.2) is 5.60 Å². The Morgan fingerprint density at radius 2 is 2.11 bits per heavy atom. The van der Waals surface area contributed by atoms with Crippen LogP contribution in [0, 0.1) is 5.92 Å². The van der Waals surface area contributed by atoms with E-state index in [1.807, 2.05) is 4.90 Å². The molecule has 1 saturated carbocycles. The van der Waals surface area contributed by atoms with E-state index in [-0.39, 0.29) is 24.0 Å². The van der Waals surface area contributed by atoms with Gasteiger partial charge >= 0.3 is 0 Å². The van der Waals surface area contributed by atoms with E-state index in [0.29, 0.717) is 19.1 Å². The molecule has 6 heteroatoms. The van der Waals surface area contributed by atoms with Gasteiger partial charge in [-0.1, -0.05) is 12.5 Å². The van der Waals surface area contributed by atoms with Crippen LogP contribution in [0.25, 0.3) is 0 Å². The standard InChI is InChI=1S/C22H34N2O4/c1-16-6-7-17(13-16)14-20(25)23-15-18-8-10-24(18)21(26)22(9-4-12-28-22)19-5-2-3-11-27-19/h14,16,18-19H,2-13,15H2,1H3,(H,23,25)/b17-14+. The Kier molecular flexibility index (Phi) is 6.07. The normalized spacial score (nSPS) is 37.1. The molecular formula is C22H34N2O4. The predicted octanol–water partition coefficient (Wildman–Crippen LogP) is 2.57. The molecule has 4 unspecified atom stereocenters. The molecule has 4 fully saturated rings. The second kappa shape index (κ2) is 8.54. The molecule has 3 saturated heterocycles. The summed E-state index contributed by atoms with van der Waals surface area (Å²) in [6.45, 7) is 4.84. The van der Waals surface area contributed by atoms with Crippen molar-refractivity contribution >= 4 is 11.8 Å². The quantitative estimate of drug-likeness (QED) is 0.733. The number of hydrogen-bond donors (Lipinski definition) is 1. The maximum absolute atomic E-state index is 13.4. The fraction of sp³-hybridized carbons (Fsp3) is 0.818. The van der Waals surface area contributed by atoms with Gasteiger partial charge in [-0.05, 0) is 63.7 Å². The van der Waals surface area contributed by atoms with Gasteiger partial charge in [0.25, 0.3) is 5.91 Å². The van der Waals surface area contributed by atoms with E-state index in [1.165, 1.54) is 12.0 Å². The van der Waals surface area contributed by atoms with E-state index < -0.39 is 5.60 Å². The minimum Gasteiger partial charge on any atom is -0.375 e. The first-order valence-electron chi connectivity index (χ1n) is 11.1. The first-order chi connectivity index (χ1) is 13.6. The number of rotatable bonds is 5. The average Bonchev–Trinajstić information content (AvgIpc) is 3.31. The van der Waals surface area contributed by atoms with Crippen LogP contribution >= 0.6 is 0 Å². The molecule has 0 aromatic heterocycles. The summed E-state index contributed by atoms with van der Waals surface area (Å²) in [6.07, 6.45) is 10.5. The van der Waals surface area contributed by atoms with Crippen LogP contribution in [0.4, 0.5) is 0 Å². The van der Waals surface area contributed by atoms with E-state index >= 15 is 0 Å². The molecular weight excluding hydrogens is 356 g/mol. The fourth-order valence-corrected chi connectivity index (χ4v) is 5.16. The highest BCUT2D eigenvalue weighted by Crippen LogP contribution is 2.38. The topological polar surface area (TPSA) is 67.9 Å². The molecule has 0 bridgehead atoms. The highest BCUT2D eigenvalue weighted by atomic mass is 16.6. The summed E-state index contributed by atoms with van der Waals surface area (Å²) >= 11 is 0. The lowest BCUT2D eigenvalue weighted by Gasteiger charge is -2.47. The molecule has 3 aliphatic heterocycles. The molecule has 0 spiro atoms. The van der Waals surface area contributed by atoms with E-state index in [9.17, 15) is 9.59 Å². The van der Waals surface area contributed by atoms with Crippen molar-refractivity contribution in [3.05, 3.63) is 11.6 Å². The molecule has 2 amide bonds. The molecule has 6 nitrogen and oxygen atoms in total. The van der Waals surface area contributed by atoms with Gasteiger partial charge in [0.1, 0.15) is 0 Å². The molecule has 156 valence electrons. The zero-order valence-electron chi connectivity index (χ0n) is 17.1. The zero-order valence-corrected chi connectivity index (χ0v) is 17.1. The third-order valence-electron chi connectivity index (χ3n) is 6.93. The van der Waals surface area contributed by atoms with Gasteiger partial charge in [-0.25, -0.2) is 0 Å². The molecule has 0 aromatic rings. The summed E-state index contributed by atoms with van der Waals surface area (Å²) in [5, 5.41) is 3.01. The molecule has 4 atom stereocenters.